The van der Waals surface area contributed by atoms with Crippen molar-refractivity contribution < 1.29 is 5.11 Å². The lowest BCUT2D eigenvalue weighted by Crippen LogP contribution is -2.39. The van der Waals surface area contributed by atoms with Gasteiger partial charge in [0.15, 0.2) is 0 Å². The molecule has 1 heterocycles. The lowest BCUT2D eigenvalue weighted by Gasteiger charge is -2.18. The highest BCUT2D eigenvalue weighted by Gasteiger charge is 2.33. The molecule has 0 amide bonds. The van der Waals surface area contributed by atoms with Gasteiger partial charge in [-0.1, -0.05) is 0 Å². The Morgan fingerprint density at radius 2 is 2.44 bits per heavy atom. The van der Waals surface area contributed by atoms with Gasteiger partial charge in [-0.05, 0) is 6.42 Å². The molecule has 4 heteroatoms. The number of halogens is 1. The van der Waals surface area contributed by atoms with E-state index in [0.717, 1.165) is 13.0 Å². The first-order chi connectivity index (χ1) is 4.16. The smallest absolute Gasteiger partial charge is 0.0917 e. The van der Waals surface area contributed by atoms with Crippen LogP contribution in [-0.4, -0.2) is 34.3 Å². The maximum Gasteiger partial charge on any atom is 0.0917 e. The van der Waals surface area contributed by atoms with Crippen molar-refractivity contribution in [2.24, 2.45) is 5.73 Å². The predicted molar refractivity (Wildman–Crippen MR) is 39.1 cm³/mol. The van der Waals surface area contributed by atoms with Gasteiger partial charge in [0.05, 0.1) is 5.60 Å². The van der Waals surface area contributed by atoms with Crippen molar-refractivity contribution in [3.63, 3.8) is 0 Å². The summed E-state index contributed by atoms with van der Waals surface area (Å²) >= 11 is 3.27. The Morgan fingerprint density at radius 3 is 2.67 bits per heavy atom. The fourth-order valence-electron chi connectivity index (χ4n) is 0.974. The van der Waals surface area contributed by atoms with Gasteiger partial charge in [0, 0.05) is 35.8 Å². The zero-order chi connectivity index (χ0) is 6.91. The zero-order valence-electron chi connectivity index (χ0n) is 5.18. The third-order valence-electron chi connectivity index (χ3n) is 1.67. The molecule has 0 aliphatic carbocycles. The molecule has 1 rings (SSSR count). The Bertz CT molecular complexity index is 111. The number of nitrogens with zero attached hydrogens (tertiary/aromatic N) is 1. The van der Waals surface area contributed by atoms with E-state index >= 15 is 0 Å². The summed E-state index contributed by atoms with van der Waals surface area (Å²) in [5, 5.41) is 9.47. The average molecular weight is 195 g/mol. The Kier molecular flexibility index (Phi) is 2.10. The lowest BCUT2D eigenvalue weighted by molar-refractivity contribution is 0.0663. The Labute approximate surface area is 63.2 Å². The second-order valence-corrected chi connectivity index (χ2v) is 3.53. The van der Waals surface area contributed by atoms with Crippen molar-refractivity contribution in [1.29, 1.82) is 0 Å². The van der Waals surface area contributed by atoms with Crippen molar-refractivity contribution >= 4 is 16.1 Å². The van der Waals surface area contributed by atoms with Crippen LogP contribution in [0.25, 0.3) is 0 Å². The summed E-state index contributed by atoms with van der Waals surface area (Å²) in [6.45, 7) is 1.88. The predicted octanol–water partition coefficient (Wildman–Crippen LogP) is -0.308. The third kappa shape index (κ3) is 1.64. The summed E-state index contributed by atoms with van der Waals surface area (Å²) in [7, 11) is 0. The Hall–Kier alpha value is 0.360. The molecule has 1 unspecified atom stereocenters. The second kappa shape index (κ2) is 2.54. The van der Waals surface area contributed by atoms with Crippen LogP contribution in [0.1, 0.15) is 6.42 Å². The molecule has 54 valence electrons. The maximum absolute atomic E-state index is 9.47. The fraction of sp³-hybridized carbons (Fsp3) is 1.00. The van der Waals surface area contributed by atoms with Gasteiger partial charge in [-0.25, -0.2) is 3.93 Å². The minimum atomic E-state index is -0.635. The first kappa shape index (κ1) is 7.47. The Morgan fingerprint density at radius 1 is 1.78 bits per heavy atom. The molecular weight excluding hydrogens is 184 g/mol. The minimum Gasteiger partial charge on any atom is -0.387 e. The fourth-order valence-corrected chi connectivity index (χ4v) is 1.62. The highest BCUT2D eigenvalue weighted by molar-refractivity contribution is 9.07. The number of rotatable bonds is 1. The van der Waals surface area contributed by atoms with Gasteiger partial charge in [-0.15, -0.1) is 0 Å². The van der Waals surface area contributed by atoms with Crippen LogP contribution in [-0.2, 0) is 0 Å². The highest BCUT2D eigenvalue weighted by Crippen LogP contribution is 2.21. The Balaban J connectivity index is 2.45. The third-order valence-corrected chi connectivity index (χ3v) is 2.27. The van der Waals surface area contributed by atoms with Gasteiger partial charge in [0.25, 0.3) is 0 Å². The standard InChI is InChI=1S/C5H11BrN2O/c6-8-2-1-5(9,3-7)4-8/h9H,1-4,7H2. The molecule has 0 radical (unpaired) electrons. The summed E-state index contributed by atoms with van der Waals surface area (Å²) in [6.07, 6.45) is 0.773. The van der Waals surface area contributed by atoms with E-state index in [1.165, 1.54) is 0 Å². The zero-order valence-corrected chi connectivity index (χ0v) is 6.76. The number of β-amino-alcohol motifs (C(OH)–C–C–N with tert-alkyl or cyclic N) is 1. The minimum absolute atomic E-state index is 0.356. The SMILES string of the molecule is NCC1(O)CCN(Br)C1. The van der Waals surface area contributed by atoms with Crippen molar-refractivity contribution in [3.8, 4) is 0 Å². The van der Waals surface area contributed by atoms with E-state index in [0.29, 0.717) is 13.1 Å². The molecule has 0 aromatic carbocycles. The molecule has 3 nitrogen and oxygen atoms in total. The van der Waals surface area contributed by atoms with Crippen LogP contribution in [0.2, 0.25) is 0 Å². The van der Waals surface area contributed by atoms with Gasteiger partial charge in [0.1, 0.15) is 0 Å². The molecule has 1 atom stereocenters. The van der Waals surface area contributed by atoms with E-state index < -0.39 is 5.60 Å². The van der Waals surface area contributed by atoms with Crippen LogP contribution in [0.5, 0.6) is 0 Å². The molecule has 1 aliphatic heterocycles. The number of nitrogens with two attached hydrogens (primary N) is 1. The van der Waals surface area contributed by atoms with Crippen LogP contribution < -0.4 is 5.73 Å². The summed E-state index contributed by atoms with van der Waals surface area (Å²) in [4.78, 5) is 0. The van der Waals surface area contributed by atoms with Gasteiger partial charge in [-0.2, -0.15) is 0 Å². The van der Waals surface area contributed by atoms with Crippen molar-refractivity contribution in [2.75, 3.05) is 19.6 Å². The first-order valence-corrected chi connectivity index (χ1v) is 3.70. The normalized spacial score (nSPS) is 37.7. The quantitative estimate of drug-likeness (QED) is 0.564. The van der Waals surface area contributed by atoms with Gasteiger partial charge < -0.3 is 10.8 Å². The lowest BCUT2D eigenvalue weighted by atomic mass is 10.1. The summed E-state index contributed by atoms with van der Waals surface area (Å²) in [5.74, 6) is 0. The molecule has 0 aromatic rings. The average Bonchev–Trinajstić information content (AvgIpc) is 2.13. The van der Waals surface area contributed by atoms with Gasteiger partial charge >= 0.3 is 0 Å². The summed E-state index contributed by atoms with van der Waals surface area (Å²) in [6, 6.07) is 0. The van der Waals surface area contributed by atoms with Gasteiger partial charge in [-0.3, -0.25) is 0 Å². The molecular formula is C5H11BrN2O. The maximum atomic E-state index is 9.47. The van der Waals surface area contributed by atoms with Crippen LogP contribution >= 0.6 is 16.1 Å². The van der Waals surface area contributed by atoms with E-state index in [9.17, 15) is 5.11 Å². The van der Waals surface area contributed by atoms with E-state index in [2.05, 4.69) is 16.1 Å². The molecule has 3 N–H and O–H groups in total. The molecule has 0 bridgehead atoms. The molecule has 0 aromatic heterocycles. The molecule has 0 saturated carbocycles. The molecule has 0 spiro atoms. The molecule has 1 saturated heterocycles. The number of aliphatic hydroxyl groups is 1. The highest BCUT2D eigenvalue weighted by atomic mass is 79.9. The van der Waals surface area contributed by atoms with Crippen LogP contribution in [0, 0.1) is 0 Å². The van der Waals surface area contributed by atoms with Crippen LogP contribution in [0.15, 0.2) is 0 Å². The van der Waals surface area contributed by atoms with Gasteiger partial charge in [0.2, 0.25) is 0 Å². The molecule has 9 heavy (non-hydrogen) atoms. The molecule has 1 aliphatic rings. The summed E-state index contributed by atoms with van der Waals surface area (Å²) in [5.41, 5.74) is 4.70. The number of hydrogen-bond donors (Lipinski definition) is 2. The second-order valence-electron chi connectivity index (χ2n) is 2.52. The topological polar surface area (TPSA) is 49.5 Å². The van der Waals surface area contributed by atoms with Crippen molar-refractivity contribution in [3.05, 3.63) is 0 Å². The van der Waals surface area contributed by atoms with Crippen LogP contribution in [0.4, 0.5) is 0 Å². The van der Waals surface area contributed by atoms with E-state index in [-0.39, 0.29) is 0 Å². The summed E-state index contributed by atoms with van der Waals surface area (Å²) < 4.78 is 1.90. The van der Waals surface area contributed by atoms with Crippen molar-refractivity contribution in [2.45, 2.75) is 12.0 Å². The van der Waals surface area contributed by atoms with Crippen molar-refractivity contribution in [1.82, 2.24) is 3.93 Å². The van der Waals surface area contributed by atoms with E-state index in [4.69, 9.17) is 5.73 Å². The molecule has 1 fully saturated rings. The number of hydrogen-bond acceptors (Lipinski definition) is 3. The van der Waals surface area contributed by atoms with E-state index in [1.54, 1.807) is 0 Å². The largest absolute Gasteiger partial charge is 0.387 e. The van der Waals surface area contributed by atoms with E-state index in [1.807, 2.05) is 3.93 Å². The van der Waals surface area contributed by atoms with Crippen LogP contribution in [0.3, 0.4) is 0 Å². The monoisotopic (exact) mass is 194 g/mol. The first-order valence-electron chi connectivity index (χ1n) is 2.99.